The molecular weight excluding hydrogens is 492 g/mol. The van der Waals surface area contributed by atoms with Gasteiger partial charge < -0.3 is 14.2 Å². The first-order valence-corrected chi connectivity index (χ1v) is 12.3. The van der Waals surface area contributed by atoms with Crippen LogP contribution in [0.2, 0.25) is 0 Å². The van der Waals surface area contributed by atoms with Crippen LogP contribution in [0.4, 0.5) is 0 Å². The number of esters is 1. The Morgan fingerprint density at radius 2 is 1.41 bits per heavy atom. The number of hydrogen-bond donors (Lipinski definition) is 1. The van der Waals surface area contributed by atoms with Gasteiger partial charge in [0.15, 0.2) is 11.5 Å². The molecule has 0 unspecified atom stereocenters. The molecule has 0 atom stereocenters. The van der Waals surface area contributed by atoms with Gasteiger partial charge in [-0.05, 0) is 51.4 Å². The van der Waals surface area contributed by atoms with Crippen LogP contribution in [-0.2, 0) is 11.2 Å². The molecule has 0 saturated heterocycles. The summed E-state index contributed by atoms with van der Waals surface area (Å²) in [6, 6.07) is 29.9. The fourth-order valence-corrected chi connectivity index (χ4v) is 4.45. The Balaban J connectivity index is 1.38. The summed E-state index contributed by atoms with van der Waals surface area (Å²) in [6.45, 7) is 0. The van der Waals surface area contributed by atoms with Crippen molar-refractivity contribution in [1.82, 2.24) is 5.43 Å². The van der Waals surface area contributed by atoms with Crippen LogP contribution in [0, 0.1) is 0 Å². The van der Waals surface area contributed by atoms with Gasteiger partial charge in [-0.1, -0.05) is 72.8 Å². The summed E-state index contributed by atoms with van der Waals surface area (Å²) in [5, 5.41) is 8.06. The zero-order chi connectivity index (χ0) is 27.2. The molecule has 0 aliphatic carbocycles. The van der Waals surface area contributed by atoms with Crippen LogP contribution in [0.15, 0.2) is 102 Å². The highest BCUT2D eigenvalue weighted by Gasteiger charge is 2.16. The van der Waals surface area contributed by atoms with E-state index in [1.165, 1.54) is 20.4 Å². The zero-order valence-corrected chi connectivity index (χ0v) is 21.5. The molecule has 7 nitrogen and oxygen atoms in total. The highest BCUT2D eigenvalue weighted by molar-refractivity contribution is 6.04. The monoisotopic (exact) mass is 518 g/mol. The Morgan fingerprint density at radius 3 is 2.18 bits per heavy atom. The predicted molar refractivity (Wildman–Crippen MR) is 152 cm³/mol. The summed E-state index contributed by atoms with van der Waals surface area (Å²) in [7, 11) is 3.02. The van der Waals surface area contributed by atoms with Gasteiger partial charge in [0.1, 0.15) is 5.75 Å². The second-order valence-electron chi connectivity index (χ2n) is 8.77. The fraction of sp³-hybridized carbons (Fsp3) is 0.0938. The molecule has 0 radical (unpaired) electrons. The smallest absolute Gasteiger partial charge is 0.343 e. The average Bonchev–Trinajstić information content (AvgIpc) is 2.97. The third-order valence-corrected chi connectivity index (χ3v) is 6.37. The van der Waals surface area contributed by atoms with E-state index < -0.39 is 5.97 Å². The third kappa shape index (κ3) is 5.57. The minimum atomic E-state index is -0.569. The lowest BCUT2D eigenvalue weighted by atomic mass is 10.0. The molecule has 5 rings (SSSR count). The van der Waals surface area contributed by atoms with Crippen molar-refractivity contribution in [1.29, 1.82) is 0 Å². The van der Waals surface area contributed by atoms with Gasteiger partial charge in [0, 0.05) is 5.56 Å². The number of amides is 1. The lowest BCUT2D eigenvalue weighted by Crippen LogP contribution is -2.20. The Hall–Kier alpha value is -5.17. The minimum absolute atomic E-state index is 0.176. The molecule has 7 heteroatoms. The van der Waals surface area contributed by atoms with Crippen LogP contribution < -0.4 is 19.6 Å². The molecule has 0 heterocycles. The molecule has 5 aromatic rings. The summed E-state index contributed by atoms with van der Waals surface area (Å²) < 4.78 is 16.3. The number of rotatable bonds is 8. The number of hydrogen-bond acceptors (Lipinski definition) is 6. The number of nitrogens with one attached hydrogen (secondary N) is 1. The number of ether oxygens (including phenoxy) is 3. The number of carbonyl (C=O) groups is 2. The summed E-state index contributed by atoms with van der Waals surface area (Å²) in [5.41, 5.74) is 4.38. The largest absolute Gasteiger partial charge is 0.493 e. The summed E-state index contributed by atoms with van der Waals surface area (Å²) in [4.78, 5) is 25.8. The zero-order valence-electron chi connectivity index (χ0n) is 21.5. The maximum atomic E-state index is 13.0. The second kappa shape index (κ2) is 11.5. The van der Waals surface area contributed by atoms with Crippen LogP contribution in [0.3, 0.4) is 0 Å². The standard InChI is InChI=1S/C32H26N2O5/c1-37-29-17-15-24(18-30(29)38-2)32(36)39-28-16-14-22-9-4-6-13-26(22)27(28)20-33-34-31(35)19-23-11-7-10-21-8-3-5-12-25(21)23/h3-18,20H,19H2,1-2H3,(H,34,35). The third-order valence-electron chi connectivity index (χ3n) is 6.37. The van der Waals surface area contributed by atoms with E-state index >= 15 is 0 Å². The van der Waals surface area contributed by atoms with Gasteiger partial charge in [0.05, 0.1) is 32.4 Å². The van der Waals surface area contributed by atoms with Crippen molar-refractivity contribution in [2.45, 2.75) is 6.42 Å². The van der Waals surface area contributed by atoms with Crippen LogP contribution >= 0.6 is 0 Å². The lowest BCUT2D eigenvalue weighted by molar-refractivity contribution is -0.120. The highest BCUT2D eigenvalue weighted by Crippen LogP contribution is 2.30. The fourth-order valence-electron chi connectivity index (χ4n) is 4.45. The number of methoxy groups -OCH3 is 2. The van der Waals surface area contributed by atoms with Crippen LogP contribution in [0.1, 0.15) is 21.5 Å². The van der Waals surface area contributed by atoms with Crippen LogP contribution in [-0.4, -0.2) is 32.3 Å². The van der Waals surface area contributed by atoms with Crippen molar-refractivity contribution in [2.75, 3.05) is 14.2 Å². The number of hydrazone groups is 1. The maximum Gasteiger partial charge on any atom is 0.343 e. The molecule has 1 N–H and O–H groups in total. The van der Waals surface area contributed by atoms with Crippen molar-refractivity contribution in [2.24, 2.45) is 5.10 Å². The molecule has 0 fully saturated rings. The molecule has 0 aromatic heterocycles. The topological polar surface area (TPSA) is 86.2 Å². The Kier molecular flexibility index (Phi) is 7.50. The van der Waals surface area contributed by atoms with E-state index in [4.69, 9.17) is 14.2 Å². The Bertz CT molecular complexity index is 1710. The van der Waals surface area contributed by atoms with Crippen LogP contribution in [0.5, 0.6) is 17.2 Å². The quantitative estimate of drug-likeness (QED) is 0.119. The number of fused-ring (bicyclic) bond motifs is 2. The van der Waals surface area contributed by atoms with Gasteiger partial charge in [-0.15, -0.1) is 0 Å². The second-order valence-corrected chi connectivity index (χ2v) is 8.77. The van der Waals surface area contributed by atoms with Crippen molar-refractivity contribution >= 4 is 39.6 Å². The molecule has 0 aliphatic rings. The maximum absolute atomic E-state index is 13.0. The molecule has 0 bridgehead atoms. The number of carbonyl (C=O) groups excluding carboxylic acids is 2. The van der Waals surface area contributed by atoms with Crippen LogP contribution in [0.25, 0.3) is 21.5 Å². The molecular formula is C32H26N2O5. The van der Waals surface area contributed by atoms with Gasteiger partial charge >= 0.3 is 5.97 Å². The Labute approximate surface area is 225 Å². The SMILES string of the molecule is COc1ccc(C(=O)Oc2ccc3ccccc3c2C=NNC(=O)Cc2cccc3ccccc23)cc1OC. The van der Waals surface area contributed by atoms with Crippen molar-refractivity contribution in [3.05, 3.63) is 114 Å². The van der Waals surface area contributed by atoms with Gasteiger partial charge in [0.2, 0.25) is 5.91 Å². The molecule has 5 aromatic carbocycles. The average molecular weight is 519 g/mol. The van der Waals surface area contributed by atoms with E-state index in [-0.39, 0.29) is 12.3 Å². The summed E-state index contributed by atoms with van der Waals surface area (Å²) >= 11 is 0. The normalized spacial score (nSPS) is 11.0. The highest BCUT2D eigenvalue weighted by atomic mass is 16.5. The van der Waals surface area contributed by atoms with Gasteiger partial charge in [-0.25, -0.2) is 10.2 Å². The van der Waals surface area contributed by atoms with Crippen molar-refractivity contribution < 1.29 is 23.8 Å². The lowest BCUT2D eigenvalue weighted by Gasteiger charge is -2.12. The first-order valence-electron chi connectivity index (χ1n) is 12.3. The van der Waals surface area contributed by atoms with Gasteiger partial charge in [0.25, 0.3) is 0 Å². The van der Waals surface area contributed by atoms with E-state index in [0.29, 0.717) is 28.4 Å². The number of benzene rings is 5. The molecule has 194 valence electrons. The first-order chi connectivity index (χ1) is 19.1. The van der Waals surface area contributed by atoms with Crippen molar-refractivity contribution in [3.63, 3.8) is 0 Å². The van der Waals surface area contributed by atoms with E-state index in [1.54, 1.807) is 24.3 Å². The summed E-state index contributed by atoms with van der Waals surface area (Å²) in [5.74, 6) is 0.404. The first kappa shape index (κ1) is 25.5. The molecule has 1 amide bonds. The van der Waals surface area contributed by atoms with E-state index in [0.717, 1.165) is 27.1 Å². The van der Waals surface area contributed by atoms with E-state index in [2.05, 4.69) is 10.5 Å². The van der Waals surface area contributed by atoms with Crippen molar-refractivity contribution in [3.8, 4) is 17.2 Å². The van der Waals surface area contributed by atoms with E-state index in [1.807, 2.05) is 72.8 Å². The predicted octanol–water partition coefficient (Wildman–Crippen LogP) is 5.92. The minimum Gasteiger partial charge on any atom is -0.493 e. The van der Waals surface area contributed by atoms with Gasteiger partial charge in [-0.3, -0.25) is 4.79 Å². The van der Waals surface area contributed by atoms with E-state index in [9.17, 15) is 9.59 Å². The molecule has 0 aliphatic heterocycles. The molecule has 0 spiro atoms. The van der Waals surface area contributed by atoms with Gasteiger partial charge in [-0.2, -0.15) is 5.10 Å². The number of nitrogens with zero attached hydrogens (tertiary/aromatic N) is 1. The Morgan fingerprint density at radius 1 is 0.744 bits per heavy atom. The molecule has 0 saturated carbocycles. The summed E-state index contributed by atoms with van der Waals surface area (Å²) in [6.07, 6.45) is 1.68. The molecule has 39 heavy (non-hydrogen) atoms.